The fourth-order valence-electron chi connectivity index (χ4n) is 1.82. The first kappa shape index (κ1) is 11.5. The molecule has 2 rings (SSSR count). The summed E-state index contributed by atoms with van der Waals surface area (Å²) in [6.45, 7) is 0.800. The highest BCUT2D eigenvalue weighted by Gasteiger charge is 2.41. The SMILES string of the molecule is Nc1cnc(N2CCC(C(F)(F)F)CC2)s1. The van der Waals surface area contributed by atoms with E-state index in [9.17, 15) is 13.2 Å². The molecular weight excluding hydrogens is 239 g/mol. The lowest BCUT2D eigenvalue weighted by Gasteiger charge is -2.32. The number of hydrogen-bond donors (Lipinski definition) is 1. The molecule has 1 aliphatic heterocycles. The van der Waals surface area contributed by atoms with Crippen LogP contribution in [0.3, 0.4) is 0 Å². The van der Waals surface area contributed by atoms with E-state index < -0.39 is 12.1 Å². The van der Waals surface area contributed by atoms with Crippen molar-refractivity contribution in [2.45, 2.75) is 19.0 Å². The van der Waals surface area contributed by atoms with Crippen molar-refractivity contribution in [2.24, 2.45) is 5.92 Å². The van der Waals surface area contributed by atoms with E-state index in [1.165, 1.54) is 17.5 Å². The number of thiazole rings is 1. The van der Waals surface area contributed by atoms with E-state index in [4.69, 9.17) is 5.73 Å². The Morgan fingerprint density at radius 2 is 2.00 bits per heavy atom. The second kappa shape index (κ2) is 4.12. The molecule has 16 heavy (non-hydrogen) atoms. The van der Waals surface area contributed by atoms with Crippen molar-refractivity contribution in [1.82, 2.24) is 4.98 Å². The first-order chi connectivity index (χ1) is 7.47. The van der Waals surface area contributed by atoms with E-state index in [1.807, 2.05) is 4.90 Å². The molecule has 0 aromatic carbocycles. The number of rotatable bonds is 1. The molecule has 2 heterocycles. The average Bonchev–Trinajstić information content (AvgIpc) is 2.64. The van der Waals surface area contributed by atoms with Crippen molar-refractivity contribution in [3.63, 3.8) is 0 Å². The highest BCUT2D eigenvalue weighted by atomic mass is 32.1. The number of piperidine rings is 1. The highest BCUT2D eigenvalue weighted by Crippen LogP contribution is 2.36. The van der Waals surface area contributed by atoms with E-state index in [-0.39, 0.29) is 12.8 Å². The number of nitrogen functional groups attached to an aromatic ring is 1. The summed E-state index contributed by atoms with van der Waals surface area (Å²) in [5, 5.41) is 1.31. The predicted molar refractivity (Wildman–Crippen MR) is 57.5 cm³/mol. The Balaban J connectivity index is 1.95. The van der Waals surface area contributed by atoms with Gasteiger partial charge in [0.25, 0.3) is 0 Å². The van der Waals surface area contributed by atoms with Crippen LogP contribution in [0.1, 0.15) is 12.8 Å². The van der Waals surface area contributed by atoms with Gasteiger partial charge in [0.05, 0.1) is 12.1 Å². The summed E-state index contributed by atoms with van der Waals surface area (Å²) in [5.74, 6) is -1.17. The molecule has 1 aromatic heterocycles. The lowest BCUT2D eigenvalue weighted by atomic mass is 9.97. The number of hydrogen-bond acceptors (Lipinski definition) is 4. The number of alkyl halides is 3. The van der Waals surface area contributed by atoms with Crippen molar-refractivity contribution in [3.8, 4) is 0 Å². The summed E-state index contributed by atoms with van der Waals surface area (Å²) in [7, 11) is 0. The lowest BCUT2D eigenvalue weighted by Crippen LogP contribution is -2.38. The normalized spacial score (nSPS) is 19.1. The molecule has 1 saturated heterocycles. The standard InChI is InChI=1S/C9H12F3N3S/c10-9(11,12)6-1-3-15(4-2-6)8-14-5-7(13)16-8/h5-6H,1-4,13H2. The van der Waals surface area contributed by atoms with Crippen LogP contribution in [0, 0.1) is 5.92 Å². The molecule has 90 valence electrons. The third-order valence-electron chi connectivity index (χ3n) is 2.74. The summed E-state index contributed by atoms with van der Waals surface area (Å²) in [6, 6.07) is 0. The van der Waals surface area contributed by atoms with Gasteiger partial charge in [-0.1, -0.05) is 11.3 Å². The van der Waals surface area contributed by atoms with Gasteiger partial charge in [0.2, 0.25) is 0 Å². The quantitative estimate of drug-likeness (QED) is 0.833. The molecular formula is C9H12F3N3S. The Bertz CT molecular complexity index is 355. The van der Waals surface area contributed by atoms with Crippen LogP contribution >= 0.6 is 11.3 Å². The van der Waals surface area contributed by atoms with Crippen LogP contribution in [0.5, 0.6) is 0 Å². The number of aromatic nitrogens is 1. The minimum absolute atomic E-state index is 0.142. The van der Waals surface area contributed by atoms with Gasteiger partial charge in [0, 0.05) is 13.1 Å². The molecule has 0 radical (unpaired) electrons. The zero-order chi connectivity index (χ0) is 11.8. The Kier molecular flexibility index (Phi) is 2.96. The minimum Gasteiger partial charge on any atom is -0.389 e. The van der Waals surface area contributed by atoms with Gasteiger partial charge in [-0.15, -0.1) is 0 Å². The third kappa shape index (κ3) is 2.40. The van der Waals surface area contributed by atoms with Crippen LogP contribution in [0.15, 0.2) is 6.20 Å². The maximum atomic E-state index is 12.4. The van der Waals surface area contributed by atoms with Crippen molar-refractivity contribution in [3.05, 3.63) is 6.20 Å². The molecule has 7 heteroatoms. The van der Waals surface area contributed by atoms with Crippen LogP contribution in [-0.2, 0) is 0 Å². The first-order valence-electron chi connectivity index (χ1n) is 5.00. The molecule has 0 saturated carbocycles. The van der Waals surface area contributed by atoms with E-state index >= 15 is 0 Å². The molecule has 0 aliphatic carbocycles. The second-order valence-corrected chi connectivity index (χ2v) is 4.89. The molecule has 1 aliphatic rings. The number of nitrogens with two attached hydrogens (primary N) is 1. The molecule has 0 atom stereocenters. The summed E-state index contributed by atoms with van der Waals surface area (Å²) >= 11 is 1.31. The Hall–Kier alpha value is -0.980. The van der Waals surface area contributed by atoms with Crippen LogP contribution in [-0.4, -0.2) is 24.2 Å². The topological polar surface area (TPSA) is 42.1 Å². The molecule has 0 unspecified atom stereocenters. The van der Waals surface area contributed by atoms with E-state index in [1.54, 1.807) is 0 Å². The van der Waals surface area contributed by atoms with E-state index in [0.29, 0.717) is 18.1 Å². The molecule has 1 fully saturated rings. The third-order valence-corrected chi connectivity index (χ3v) is 3.63. The van der Waals surface area contributed by atoms with Gasteiger partial charge in [-0.05, 0) is 12.8 Å². The van der Waals surface area contributed by atoms with Gasteiger partial charge in [-0.3, -0.25) is 0 Å². The minimum atomic E-state index is -4.06. The van der Waals surface area contributed by atoms with Crippen molar-refractivity contribution < 1.29 is 13.2 Å². The summed E-state index contributed by atoms with van der Waals surface area (Å²) in [5.41, 5.74) is 5.53. The Labute approximate surface area is 95.1 Å². The van der Waals surface area contributed by atoms with Gasteiger partial charge >= 0.3 is 6.18 Å². The van der Waals surface area contributed by atoms with Crippen LogP contribution in [0.2, 0.25) is 0 Å². The van der Waals surface area contributed by atoms with Crippen molar-refractivity contribution in [2.75, 3.05) is 23.7 Å². The van der Waals surface area contributed by atoms with Gasteiger partial charge in [0.1, 0.15) is 5.00 Å². The monoisotopic (exact) mass is 251 g/mol. The smallest absolute Gasteiger partial charge is 0.389 e. The number of halogens is 3. The predicted octanol–water partition coefficient (Wildman–Crippen LogP) is 2.50. The summed E-state index contributed by atoms with van der Waals surface area (Å²) in [6.07, 6.45) is -2.24. The van der Waals surface area contributed by atoms with Gasteiger partial charge < -0.3 is 10.6 Å². The van der Waals surface area contributed by atoms with Gasteiger partial charge in [-0.2, -0.15) is 13.2 Å². The molecule has 0 amide bonds. The molecule has 0 spiro atoms. The van der Waals surface area contributed by atoms with Crippen LogP contribution < -0.4 is 10.6 Å². The Morgan fingerprint density at radius 3 is 2.44 bits per heavy atom. The second-order valence-electron chi connectivity index (χ2n) is 3.85. The van der Waals surface area contributed by atoms with E-state index in [0.717, 1.165) is 5.13 Å². The maximum absolute atomic E-state index is 12.4. The molecule has 3 nitrogen and oxygen atoms in total. The summed E-state index contributed by atoms with van der Waals surface area (Å²) < 4.78 is 37.3. The van der Waals surface area contributed by atoms with Crippen LogP contribution in [0.4, 0.5) is 23.3 Å². The fourth-order valence-corrected chi connectivity index (χ4v) is 2.55. The maximum Gasteiger partial charge on any atom is 0.391 e. The number of anilines is 2. The molecule has 0 bridgehead atoms. The fraction of sp³-hybridized carbons (Fsp3) is 0.667. The Morgan fingerprint density at radius 1 is 1.38 bits per heavy atom. The highest BCUT2D eigenvalue weighted by molar-refractivity contribution is 7.19. The molecule has 2 N–H and O–H groups in total. The average molecular weight is 251 g/mol. The van der Waals surface area contributed by atoms with Crippen molar-refractivity contribution in [1.29, 1.82) is 0 Å². The lowest BCUT2D eigenvalue weighted by molar-refractivity contribution is -0.179. The van der Waals surface area contributed by atoms with Crippen molar-refractivity contribution >= 4 is 21.5 Å². The summed E-state index contributed by atoms with van der Waals surface area (Å²) in [4.78, 5) is 5.93. The molecule has 1 aromatic rings. The van der Waals surface area contributed by atoms with E-state index in [2.05, 4.69) is 4.98 Å². The van der Waals surface area contributed by atoms with Gasteiger partial charge in [-0.25, -0.2) is 4.98 Å². The zero-order valence-corrected chi connectivity index (χ0v) is 9.31. The zero-order valence-electron chi connectivity index (χ0n) is 8.50. The van der Waals surface area contributed by atoms with Gasteiger partial charge in [0.15, 0.2) is 5.13 Å². The number of nitrogens with zero attached hydrogens (tertiary/aromatic N) is 2. The first-order valence-corrected chi connectivity index (χ1v) is 5.81. The van der Waals surface area contributed by atoms with Crippen LogP contribution in [0.25, 0.3) is 0 Å². The largest absolute Gasteiger partial charge is 0.391 e.